The van der Waals surface area contributed by atoms with Crippen LogP contribution in [0.2, 0.25) is 0 Å². The molecule has 21 heavy (non-hydrogen) atoms. The molecular weight excluding hydrogens is 279 g/mol. The molecule has 0 N–H and O–H groups in total. The topological polar surface area (TPSA) is 30.7 Å². The fourth-order valence-electron chi connectivity index (χ4n) is 2.03. The van der Waals surface area contributed by atoms with Gasteiger partial charge in [0.15, 0.2) is 29.1 Å². The van der Waals surface area contributed by atoms with Crippen LogP contribution in [0.25, 0.3) is 22.8 Å². The SMILES string of the molecule is Cn1nc(-c2ccccc2)nc1-c1ccc(F)c(F)c1F. The van der Waals surface area contributed by atoms with Crippen LogP contribution < -0.4 is 0 Å². The summed E-state index contributed by atoms with van der Waals surface area (Å²) in [4.78, 5) is 4.20. The standard InChI is InChI=1S/C15H10F3N3/c1-21-15(10-7-8-11(16)13(18)12(10)17)19-14(20-21)9-5-3-2-4-6-9/h2-8H,1H3. The molecule has 0 aliphatic heterocycles. The number of rotatable bonds is 2. The number of benzene rings is 2. The zero-order valence-corrected chi connectivity index (χ0v) is 11.0. The highest BCUT2D eigenvalue weighted by Gasteiger charge is 2.19. The zero-order chi connectivity index (χ0) is 15.0. The molecule has 0 amide bonds. The van der Waals surface area contributed by atoms with Gasteiger partial charge in [-0.2, -0.15) is 5.10 Å². The quantitative estimate of drug-likeness (QED) is 0.675. The van der Waals surface area contributed by atoms with Crippen molar-refractivity contribution in [2.75, 3.05) is 0 Å². The monoisotopic (exact) mass is 289 g/mol. The van der Waals surface area contributed by atoms with Crippen LogP contribution in [0.5, 0.6) is 0 Å². The molecule has 0 spiro atoms. The average molecular weight is 289 g/mol. The van der Waals surface area contributed by atoms with E-state index in [1.165, 1.54) is 4.68 Å². The summed E-state index contributed by atoms with van der Waals surface area (Å²) in [6, 6.07) is 11.1. The minimum Gasteiger partial charge on any atom is -0.248 e. The summed E-state index contributed by atoms with van der Waals surface area (Å²) in [5, 5.41) is 4.17. The smallest absolute Gasteiger partial charge is 0.195 e. The molecule has 6 heteroatoms. The van der Waals surface area contributed by atoms with Gasteiger partial charge >= 0.3 is 0 Å². The minimum atomic E-state index is -1.52. The first-order valence-electron chi connectivity index (χ1n) is 6.18. The maximum atomic E-state index is 13.8. The van der Waals surface area contributed by atoms with Crippen LogP contribution in [0, 0.1) is 17.5 Å². The molecule has 3 aromatic rings. The van der Waals surface area contributed by atoms with Gasteiger partial charge in [0.2, 0.25) is 0 Å². The molecule has 0 saturated heterocycles. The molecule has 1 heterocycles. The van der Waals surface area contributed by atoms with E-state index >= 15 is 0 Å². The maximum Gasteiger partial charge on any atom is 0.195 e. The fraction of sp³-hybridized carbons (Fsp3) is 0.0667. The van der Waals surface area contributed by atoms with Gasteiger partial charge in [0.25, 0.3) is 0 Å². The van der Waals surface area contributed by atoms with E-state index in [9.17, 15) is 13.2 Å². The highest BCUT2D eigenvalue weighted by molar-refractivity contribution is 5.62. The lowest BCUT2D eigenvalue weighted by atomic mass is 10.2. The molecule has 0 saturated carbocycles. The Kier molecular flexibility index (Phi) is 3.21. The van der Waals surface area contributed by atoms with Crippen LogP contribution in [0.4, 0.5) is 13.2 Å². The Morgan fingerprint density at radius 2 is 1.62 bits per heavy atom. The van der Waals surface area contributed by atoms with Crippen molar-refractivity contribution in [2.45, 2.75) is 0 Å². The van der Waals surface area contributed by atoms with Gasteiger partial charge < -0.3 is 0 Å². The van der Waals surface area contributed by atoms with Crippen LogP contribution in [0.15, 0.2) is 42.5 Å². The van der Waals surface area contributed by atoms with Crippen LogP contribution >= 0.6 is 0 Å². The van der Waals surface area contributed by atoms with Crippen molar-refractivity contribution >= 4 is 0 Å². The second kappa shape index (κ2) is 5.05. The van der Waals surface area contributed by atoms with Gasteiger partial charge in [-0.3, -0.25) is 0 Å². The lowest BCUT2D eigenvalue weighted by Crippen LogP contribution is -2.00. The Hall–Kier alpha value is -2.63. The Bertz CT molecular complexity index is 797. The molecule has 0 aliphatic rings. The molecule has 106 valence electrons. The van der Waals surface area contributed by atoms with E-state index in [1.807, 2.05) is 18.2 Å². The molecule has 0 aliphatic carbocycles. The molecular formula is C15H10F3N3. The molecule has 3 nitrogen and oxygen atoms in total. The Balaban J connectivity index is 2.13. The molecule has 0 atom stereocenters. The highest BCUT2D eigenvalue weighted by Crippen LogP contribution is 2.26. The van der Waals surface area contributed by atoms with Crippen molar-refractivity contribution < 1.29 is 13.2 Å². The second-order valence-corrected chi connectivity index (χ2v) is 4.47. The van der Waals surface area contributed by atoms with E-state index in [2.05, 4.69) is 10.1 Å². The van der Waals surface area contributed by atoms with Crippen molar-refractivity contribution in [3.8, 4) is 22.8 Å². The summed E-state index contributed by atoms with van der Waals surface area (Å²) in [6.07, 6.45) is 0. The first-order valence-corrected chi connectivity index (χ1v) is 6.18. The lowest BCUT2D eigenvalue weighted by molar-refractivity contribution is 0.448. The van der Waals surface area contributed by atoms with Crippen molar-refractivity contribution in [3.05, 3.63) is 59.9 Å². The average Bonchev–Trinajstić information content (AvgIpc) is 2.88. The molecule has 1 aromatic heterocycles. The number of halogens is 3. The van der Waals surface area contributed by atoms with Crippen molar-refractivity contribution in [2.24, 2.45) is 7.05 Å². The van der Waals surface area contributed by atoms with E-state index in [4.69, 9.17) is 0 Å². The van der Waals surface area contributed by atoms with Gasteiger partial charge in [0, 0.05) is 12.6 Å². The van der Waals surface area contributed by atoms with Gasteiger partial charge in [-0.1, -0.05) is 30.3 Å². The number of hydrogen-bond acceptors (Lipinski definition) is 2. The highest BCUT2D eigenvalue weighted by atomic mass is 19.2. The predicted octanol–water partition coefficient (Wildman–Crippen LogP) is 3.57. The van der Waals surface area contributed by atoms with E-state index < -0.39 is 17.5 Å². The molecule has 0 unspecified atom stereocenters. The molecule has 2 aromatic carbocycles. The number of aryl methyl sites for hydroxylation is 1. The normalized spacial score (nSPS) is 10.9. The van der Waals surface area contributed by atoms with Crippen LogP contribution in [0.1, 0.15) is 0 Å². The predicted molar refractivity (Wildman–Crippen MR) is 71.7 cm³/mol. The molecule has 3 rings (SSSR count). The van der Waals surface area contributed by atoms with Crippen LogP contribution in [-0.4, -0.2) is 14.8 Å². The third kappa shape index (κ3) is 2.29. The largest absolute Gasteiger partial charge is 0.248 e. The zero-order valence-electron chi connectivity index (χ0n) is 11.0. The Morgan fingerprint density at radius 3 is 2.33 bits per heavy atom. The van der Waals surface area contributed by atoms with Gasteiger partial charge in [-0.25, -0.2) is 22.8 Å². The fourth-order valence-corrected chi connectivity index (χ4v) is 2.03. The molecule has 0 fully saturated rings. The first-order chi connectivity index (χ1) is 10.1. The summed E-state index contributed by atoms with van der Waals surface area (Å²) in [5.74, 6) is -3.51. The summed E-state index contributed by atoms with van der Waals surface area (Å²) in [6.45, 7) is 0. The third-order valence-corrected chi connectivity index (χ3v) is 3.07. The Labute approximate surface area is 118 Å². The Morgan fingerprint density at radius 1 is 0.905 bits per heavy atom. The van der Waals surface area contributed by atoms with Gasteiger partial charge in [0.1, 0.15) is 0 Å². The van der Waals surface area contributed by atoms with Crippen molar-refractivity contribution in [1.82, 2.24) is 14.8 Å². The molecule has 0 radical (unpaired) electrons. The van der Waals surface area contributed by atoms with E-state index in [0.717, 1.165) is 17.7 Å². The van der Waals surface area contributed by atoms with Gasteiger partial charge in [-0.05, 0) is 12.1 Å². The van der Waals surface area contributed by atoms with Crippen molar-refractivity contribution in [1.29, 1.82) is 0 Å². The van der Waals surface area contributed by atoms with E-state index in [-0.39, 0.29) is 11.4 Å². The van der Waals surface area contributed by atoms with Gasteiger partial charge in [0.05, 0.1) is 5.56 Å². The second-order valence-electron chi connectivity index (χ2n) is 4.47. The number of nitrogens with zero attached hydrogens (tertiary/aromatic N) is 3. The van der Waals surface area contributed by atoms with E-state index in [0.29, 0.717) is 5.82 Å². The first kappa shape index (κ1) is 13.4. The lowest BCUT2D eigenvalue weighted by Gasteiger charge is -2.03. The minimum absolute atomic E-state index is 0.130. The van der Waals surface area contributed by atoms with Crippen LogP contribution in [-0.2, 0) is 7.05 Å². The maximum absolute atomic E-state index is 13.8. The third-order valence-electron chi connectivity index (χ3n) is 3.07. The van der Waals surface area contributed by atoms with Gasteiger partial charge in [-0.15, -0.1) is 0 Å². The van der Waals surface area contributed by atoms with E-state index in [1.54, 1.807) is 19.2 Å². The number of aromatic nitrogens is 3. The summed E-state index contributed by atoms with van der Waals surface area (Å²) >= 11 is 0. The molecule has 0 bridgehead atoms. The summed E-state index contributed by atoms with van der Waals surface area (Å²) in [7, 11) is 1.56. The van der Waals surface area contributed by atoms with Crippen LogP contribution in [0.3, 0.4) is 0 Å². The summed E-state index contributed by atoms with van der Waals surface area (Å²) in [5.41, 5.74) is 0.619. The number of hydrogen-bond donors (Lipinski definition) is 0. The van der Waals surface area contributed by atoms with Crippen molar-refractivity contribution in [3.63, 3.8) is 0 Å². The summed E-state index contributed by atoms with van der Waals surface area (Å²) < 4.78 is 41.5.